The first-order valence-corrected chi connectivity index (χ1v) is 5.96. The molecule has 1 aromatic rings. The van der Waals surface area contributed by atoms with Gasteiger partial charge < -0.3 is 11.1 Å². The summed E-state index contributed by atoms with van der Waals surface area (Å²) in [5.74, 6) is 0.645. The summed E-state index contributed by atoms with van der Waals surface area (Å²) >= 11 is 0. The first kappa shape index (κ1) is 14.9. The Bertz CT molecular complexity index is 418. The molecule has 1 aliphatic rings. The molecule has 1 amide bonds. The lowest BCUT2D eigenvalue weighted by Crippen LogP contribution is -2.51. The van der Waals surface area contributed by atoms with Crippen molar-refractivity contribution in [3.63, 3.8) is 0 Å². The van der Waals surface area contributed by atoms with Crippen molar-refractivity contribution in [2.75, 3.05) is 0 Å². The van der Waals surface area contributed by atoms with Gasteiger partial charge in [-0.25, -0.2) is 9.97 Å². The average molecular weight is 271 g/mol. The van der Waals surface area contributed by atoms with Gasteiger partial charge in [-0.3, -0.25) is 4.79 Å². The van der Waals surface area contributed by atoms with E-state index in [0.717, 1.165) is 31.4 Å². The number of amides is 1. The summed E-state index contributed by atoms with van der Waals surface area (Å²) in [5.41, 5.74) is 6.20. The molecule has 2 rings (SSSR count). The molecule has 0 aliphatic heterocycles. The highest BCUT2D eigenvalue weighted by Crippen LogP contribution is 2.27. The van der Waals surface area contributed by atoms with Gasteiger partial charge in [-0.05, 0) is 25.8 Å². The number of carbonyl (C=O) groups excluding carboxylic acids is 1. The van der Waals surface area contributed by atoms with Crippen LogP contribution in [0.2, 0.25) is 0 Å². The highest BCUT2D eigenvalue weighted by atomic mass is 35.5. The third-order valence-corrected chi connectivity index (χ3v) is 3.21. The normalized spacial score (nSPS) is 17.0. The SMILES string of the molecule is Cc1nccc(CNC(=O)C2(N)CCCC2)n1.Cl. The summed E-state index contributed by atoms with van der Waals surface area (Å²) in [6, 6.07) is 1.80. The van der Waals surface area contributed by atoms with Crippen LogP contribution in [0.4, 0.5) is 0 Å². The zero-order chi connectivity index (χ0) is 12.3. The van der Waals surface area contributed by atoms with Crippen LogP contribution in [-0.4, -0.2) is 21.4 Å². The van der Waals surface area contributed by atoms with Gasteiger partial charge in [-0.15, -0.1) is 12.4 Å². The molecule has 0 spiro atoms. The molecule has 3 N–H and O–H groups in total. The molecule has 0 atom stereocenters. The van der Waals surface area contributed by atoms with E-state index in [9.17, 15) is 4.79 Å². The molecule has 18 heavy (non-hydrogen) atoms. The number of nitrogens with one attached hydrogen (secondary N) is 1. The average Bonchev–Trinajstić information content (AvgIpc) is 2.74. The highest BCUT2D eigenvalue weighted by molar-refractivity contribution is 5.86. The Hall–Kier alpha value is -1.20. The van der Waals surface area contributed by atoms with Crippen LogP contribution in [0.5, 0.6) is 0 Å². The molecular weight excluding hydrogens is 252 g/mol. The summed E-state index contributed by atoms with van der Waals surface area (Å²) in [5, 5.41) is 2.85. The third-order valence-electron chi connectivity index (χ3n) is 3.21. The summed E-state index contributed by atoms with van der Waals surface area (Å²) in [6.45, 7) is 2.24. The van der Waals surface area contributed by atoms with Gasteiger partial charge in [-0.2, -0.15) is 0 Å². The summed E-state index contributed by atoms with van der Waals surface area (Å²) in [4.78, 5) is 20.2. The van der Waals surface area contributed by atoms with E-state index >= 15 is 0 Å². The second-order valence-electron chi connectivity index (χ2n) is 4.64. The van der Waals surface area contributed by atoms with E-state index in [1.54, 1.807) is 12.3 Å². The summed E-state index contributed by atoms with van der Waals surface area (Å²) in [7, 11) is 0. The molecule has 1 aliphatic carbocycles. The van der Waals surface area contributed by atoms with Crippen molar-refractivity contribution in [3.8, 4) is 0 Å². The van der Waals surface area contributed by atoms with Crippen molar-refractivity contribution in [1.29, 1.82) is 0 Å². The van der Waals surface area contributed by atoms with E-state index in [4.69, 9.17) is 5.73 Å². The van der Waals surface area contributed by atoms with Gasteiger partial charge in [0.15, 0.2) is 0 Å². The summed E-state index contributed by atoms with van der Waals surface area (Å²) in [6.07, 6.45) is 5.33. The minimum Gasteiger partial charge on any atom is -0.349 e. The Kier molecular flexibility index (Phi) is 5.04. The number of rotatable bonds is 3. The first-order valence-electron chi connectivity index (χ1n) is 5.96. The van der Waals surface area contributed by atoms with E-state index in [1.165, 1.54) is 0 Å². The molecule has 1 heterocycles. The molecule has 0 radical (unpaired) electrons. The van der Waals surface area contributed by atoms with Gasteiger partial charge in [0.05, 0.1) is 17.8 Å². The lowest BCUT2D eigenvalue weighted by atomic mass is 9.98. The van der Waals surface area contributed by atoms with Gasteiger partial charge >= 0.3 is 0 Å². The fourth-order valence-corrected chi connectivity index (χ4v) is 2.18. The molecule has 1 saturated carbocycles. The molecule has 1 aromatic heterocycles. The van der Waals surface area contributed by atoms with E-state index in [1.807, 2.05) is 6.92 Å². The molecule has 5 nitrogen and oxygen atoms in total. The number of hydrogen-bond donors (Lipinski definition) is 2. The van der Waals surface area contributed by atoms with Gasteiger partial charge in [0.25, 0.3) is 0 Å². The van der Waals surface area contributed by atoms with Crippen molar-refractivity contribution < 1.29 is 4.79 Å². The number of carbonyl (C=O) groups is 1. The lowest BCUT2D eigenvalue weighted by molar-refractivity contribution is -0.126. The van der Waals surface area contributed by atoms with Crippen molar-refractivity contribution in [2.24, 2.45) is 5.73 Å². The number of nitrogens with zero attached hydrogens (tertiary/aromatic N) is 2. The Morgan fingerprint density at radius 2 is 2.17 bits per heavy atom. The van der Waals surface area contributed by atoms with Crippen LogP contribution in [0, 0.1) is 6.92 Å². The molecular formula is C12H19ClN4O. The number of halogens is 1. The van der Waals surface area contributed by atoms with Crippen LogP contribution in [0.1, 0.15) is 37.2 Å². The van der Waals surface area contributed by atoms with Crippen molar-refractivity contribution in [2.45, 2.75) is 44.7 Å². The number of aromatic nitrogens is 2. The molecule has 1 fully saturated rings. The molecule has 6 heteroatoms. The lowest BCUT2D eigenvalue weighted by Gasteiger charge is -2.22. The van der Waals surface area contributed by atoms with Crippen LogP contribution in [0.15, 0.2) is 12.3 Å². The van der Waals surface area contributed by atoms with E-state index in [0.29, 0.717) is 12.4 Å². The molecule has 0 saturated heterocycles. The molecule has 0 bridgehead atoms. The predicted molar refractivity (Wildman–Crippen MR) is 71.3 cm³/mol. The molecule has 100 valence electrons. The largest absolute Gasteiger partial charge is 0.349 e. The van der Waals surface area contributed by atoms with E-state index in [2.05, 4.69) is 15.3 Å². The number of nitrogens with two attached hydrogens (primary N) is 1. The second-order valence-corrected chi connectivity index (χ2v) is 4.64. The maximum Gasteiger partial charge on any atom is 0.240 e. The zero-order valence-electron chi connectivity index (χ0n) is 10.5. The van der Waals surface area contributed by atoms with Crippen molar-refractivity contribution in [1.82, 2.24) is 15.3 Å². The van der Waals surface area contributed by atoms with Crippen LogP contribution in [-0.2, 0) is 11.3 Å². The maximum absolute atomic E-state index is 11.9. The van der Waals surface area contributed by atoms with E-state index < -0.39 is 5.54 Å². The van der Waals surface area contributed by atoms with Crippen LogP contribution in [0.3, 0.4) is 0 Å². The van der Waals surface area contributed by atoms with Gasteiger partial charge in [-0.1, -0.05) is 12.8 Å². The Morgan fingerprint density at radius 3 is 2.78 bits per heavy atom. The Labute approximate surface area is 113 Å². The molecule has 0 aromatic carbocycles. The van der Waals surface area contributed by atoms with Gasteiger partial charge in [0, 0.05) is 6.20 Å². The zero-order valence-corrected chi connectivity index (χ0v) is 11.3. The topological polar surface area (TPSA) is 80.9 Å². The second kappa shape index (κ2) is 6.11. The number of hydrogen-bond acceptors (Lipinski definition) is 4. The van der Waals surface area contributed by atoms with Crippen LogP contribution >= 0.6 is 12.4 Å². The van der Waals surface area contributed by atoms with Crippen molar-refractivity contribution >= 4 is 18.3 Å². The molecule has 0 unspecified atom stereocenters. The number of aryl methyl sites for hydroxylation is 1. The van der Waals surface area contributed by atoms with Crippen LogP contribution in [0.25, 0.3) is 0 Å². The van der Waals surface area contributed by atoms with E-state index in [-0.39, 0.29) is 18.3 Å². The van der Waals surface area contributed by atoms with Gasteiger partial charge in [0.1, 0.15) is 5.82 Å². The van der Waals surface area contributed by atoms with Gasteiger partial charge in [0.2, 0.25) is 5.91 Å². The maximum atomic E-state index is 11.9. The van der Waals surface area contributed by atoms with Crippen molar-refractivity contribution in [3.05, 3.63) is 23.8 Å². The minimum atomic E-state index is -0.665. The fourth-order valence-electron chi connectivity index (χ4n) is 2.18. The monoisotopic (exact) mass is 270 g/mol. The predicted octanol–water partition coefficient (Wildman–Crippen LogP) is 1.09. The standard InChI is InChI=1S/C12H18N4O.ClH/c1-9-14-7-4-10(16-9)8-15-11(17)12(13)5-2-3-6-12;/h4,7H,2-3,5-6,8,13H2,1H3,(H,15,17);1H. The Balaban J connectivity index is 0.00000162. The highest BCUT2D eigenvalue weighted by Gasteiger charge is 2.36. The summed E-state index contributed by atoms with van der Waals surface area (Å²) < 4.78 is 0. The third kappa shape index (κ3) is 3.40. The first-order chi connectivity index (χ1) is 8.10. The fraction of sp³-hybridized carbons (Fsp3) is 0.583. The smallest absolute Gasteiger partial charge is 0.240 e. The Morgan fingerprint density at radius 1 is 1.50 bits per heavy atom. The quantitative estimate of drug-likeness (QED) is 0.862. The minimum absolute atomic E-state index is 0. The van der Waals surface area contributed by atoms with Crippen LogP contribution < -0.4 is 11.1 Å².